The fraction of sp³-hybridized carbons (Fsp3) is 0.880. The van der Waals surface area contributed by atoms with Crippen molar-refractivity contribution in [2.75, 3.05) is 19.8 Å². The van der Waals surface area contributed by atoms with Crippen LogP contribution in [0, 0.1) is 0 Å². The molecule has 0 saturated heterocycles. The van der Waals surface area contributed by atoms with Crippen molar-refractivity contribution in [3.8, 4) is 0 Å². The SMILES string of the molecule is CC=C(O)C(=O)OCCCOP(=O)([O-])OCCCCCCCCCCCCCCCCCC.[Na+]. The average molecular weight is 515 g/mol. The van der Waals surface area contributed by atoms with Gasteiger partial charge in [0, 0.05) is 6.42 Å². The molecule has 9 heteroatoms. The van der Waals surface area contributed by atoms with E-state index < -0.39 is 19.6 Å². The molecule has 0 aliphatic heterocycles. The minimum Gasteiger partial charge on any atom is -0.756 e. The van der Waals surface area contributed by atoms with E-state index in [9.17, 15) is 14.3 Å². The third-order valence-corrected chi connectivity index (χ3v) is 6.50. The van der Waals surface area contributed by atoms with Crippen LogP contribution in [0.1, 0.15) is 123 Å². The number of aliphatic hydroxyl groups is 1. The van der Waals surface area contributed by atoms with Gasteiger partial charge in [0.25, 0.3) is 7.82 Å². The molecule has 196 valence electrons. The number of carbonyl (C=O) groups is 1. The summed E-state index contributed by atoms with van der Waals surface area (Å²) >= 11 is 0. The van der Waals surface area contributed by atoms with Crippen LogP contribution in [0.2, 0.25) is 0 Å². The molecule has 0 aliphatic carbocycles. The van der Waals surface area contributed by atoms with Crippen LogP contribution in [-0.4, -0.2) is 30.9 Å². The summed E-state index contributed by atoms with van der Waals surface area (Å²) in [5, 5.41) is 9.13. The van der Waals surface area contributed by atoms with Crippen LogP contribution in [0.4, 0.5) is 0 Å². The first kappa shape index (κ1) is 36.3. The van der Waals surface area contributed by atoms with Gasteiger partial charge in [-0.2, -0.15) is 0 Å². The Balaban J connectivity index is 0. The summed E-state index contributed by atoms with van der Waals surface area (Å²) in [5.41, 5.74) is 0. The maximum absolute atomic E-state index is 11.7. The molecule has 0 fully saturated rings. The number of allylic oxidation sites excluding steroid dienone is 1. The molecule has 0 spiro atoms. The van der Waals surface area contributed by atoms with Crippen molar-refractivity contribution < 1.29 is 62.7 Å². The summed E-state index contributed by atoms with van der Waals surface area (Å²) in [7, 11) is -4.32. The van der Waals surface area contributed by atoms with Gasteiger partial charge in [-0.15, -0.1) is 0 Å². The molecule has 0 heterocycles. The second-order valence-electron chi connectivity index (χ2n) is 8.58. The van der Waals surface area contributed by atoms with E-state index in [1.54, 1.807) is 0 Å². The normalized spacial score (nSPS) is 13.3. The Kier molecular flexibility index (Phi) is 27.9. The Bertz CT molecular complexity index is 543. The van der Waals surface area contributed by atoms with Crippen LogP contribution in [0.5, 0.6) is 0 Å². The summed E-state index contributed by atoms with van der Waals surface area (Å²) in [4.78, 5) is 22.9. The third-order valence-electron chi connectivity index (χ3n) is 5.50. The molecular formula is C25H48NaO7P. The molecule has 0 aromatic carbocycles. The van der Waals surface area contributed by atoms with E-state index in [-0.39, 0.29) is 55.8 Å². The van der Waals surface area contributed by atoms with Gasteiger partial charge >= 0.3 is 35.5 Å². The van der Waals surface area contributed by atoms with Gasteiger partial charge in [0.1, 0.15) is 0 Å². The largest absolute Gasteiger partial charge is 1.00 e. The van der Waals surface area contributed by atoms with Gasteiger partial charge in [-0.25, -0.2) is 4.79 Å². The molecule has 0 amide bonds. The van der Waals surface area contributed by atoms with Gasteiger partial charge in [-0.05, 0) is 19.4 Å². The van der Waals surface area contributed by atoms with Gasteiger partial charge in [0.05, 0.1) is 19.8 Å². The maximum atomic E-state index is 11.7. The summed E-state index contributed by atoms with van der Waals surface area (Å²) in [6.45, 7) is 3.71. The molecule has 7 nitrogen and oxygen atoms in total. The quantitative estimate of drug-likeness (QED) is 0.0515. The molecular weight excluding hydrogens is 466 g/mol. The minimum atomic E-state index is -4.32. The Hall–Kier alpha value is 0.120. The molecule has 1 unspecified atom stereocenters. The summed E-state index contributed by atoms with van der Waals surface area (Å²) < 4.78 is 26.0. The molecule has 0 aromatic rings. The van der Waals surface area contributed by atoms with E-state index in [2.05, 4.69) is 6.92 Å². The van der Waals surface area contributed by atoms with Gasteiger partial charge in [0.15, 0.2) is 5.76 Å². The topological polar surface area (TPSA) is 105 Å². The molecule has 0 rings (SSSR count). The first-order valence-corrected chi connectivity index (χ1v) is 14.5. The molecule has 1 N–H and O–H groups in total. The number of phosphoric acid groups is 1. The van der Waals surface area contributed by atoms with Gasteiger partial charge in [-0.1, -0.05) is 103 Å². The van der Waals surface area contributed by atoms with E-state index >= 15 is 0 Å². The molecule has 0 aromatic heterocycles. The Morgan fingerprint density at radius 3 is 1.53 bits per heavy atom. The van der Waals surface area contributed by atoms with Crippen LogP contribution in [-0.2, 0) is 23.1 Å². The predicted molar refractivity (Wildman–Crippen MR) is 131 cm³/mol. The third kappa shape index (κ3) is 25.2. The van der Waals surface area contributed by atoms with Gasteiger partial charge < -0.3 is 23.8 Å². The number of hydrogen-bond acceptors (Lipinski definition) is 7. The van der Waals surface area contributed by atoms with Gasteiger partial charge in [-0.3, -0.25) is 4.57 Å². The monoisotopic (exact) mass is 514 g/mol. The predicted octanol–water partition coefficient (Wildman–Crippen LogP) is 4.15. The number of phosphoric ester groups is 1. The van der Waals surface area contributed by atoms with Crippen molar-refractivity contribution >= 4 is 13.8 Å². The van der Waals surface area contributed by atoms with Crippen LogP contribution in [0.15, 0.2) is 11.8 Å². The fourth-order valence-corrected chi connectivity index (χ4v) is 4.24. The second kappa shape index (κ2) is 26.2. The molecule has 0 radical (unpaired) electrons. The first-order chi connectivity index (χ1) is 15.9. The average Bonchev–Trinajstić information content (AvgIpc) is 2.80. The summed E-state index contributed by atoms with van der Waals surface area (Å²) in [6, 6.07) is 0. The van der Waals surface area contributed by atoms with E-state index in [1.165, 1.54) is 96.5 Å². The van der Waals surface area contributed by atoms with Crippen LogP contribution >= 0.6 is 7.82 Å². The van der Waals surface area contributed by atoms with Crippen molar-refractivity contribution in [1.29, 1.82) is 0 Å². The number of ether oxygens (including phenoxy) is 1. The number of unbranched alkanes of at least 4 members (excludes halogenated alkanes) is 15. The fourth-order valence-electron chi connectivity index (χ4n) is 3.46. The molecule has 0 saturated carbocycles. The number of esters is 1. The second-order valence-corrected chi connectivity index (χ2v) is 9.99. The zero-order valence-corrected chi connectivity index (χ0v) is 25.0. The van der Waals surface area contributed by atoms with Crippen molar-refractivity contribution in [2.45, 2.75) is 123 Å². The zero-order chi connectivity index (χ0) is 24.6. The molecule has 0 aliphatic rings. The summed E-state index contributed by atoms with van der Waals surface area (Å²) in [5.74, 6) is -1.32. The van der Waals surface area contributed by atoms with E-state index in [1.807, 2.05) is 0 Å². The van der Waals surface area contributed by atoms with E-state index in [4.69, 9.17) is 18.9 Å². The van der Waals surface area contributed by atoms with Crippen molar-refractivity contribution in [3.05, 3.63) is 11.8 Å². The smallest absolute Gasteiger partial charge is 0.756 e. The van der Waals surface area contributed by atoms with Crippen molar-refractivity contribution in [2.24, 2.45) is 0 Å². The number of carbonyl (C=O) groups excluding carboxylic acids is 1. The van der Waals surface area contributed by atoms with Crippen LogP contribution < -0.4 is 34.5 Å². The molecule has 0 bridgehead atoms. The van der Waals surface area contributed by atoms with E-state index in [0.29, 0.717) is 6.42 Å². The zero-order valence-electron chi connectivity index (χ0n) is 22.1. The van der Waals surface area contributed by atoms with E-state index in [0.717, 1.165) is 12.8 Å². The molecule has 34 heavy (non-hydrogen) atoms. The minimum absolute atomic E-state index is 0. The Morgan fingerprint density at radius 1 is 0.735 bits per heavy atom. The van der Waals surface area contributed by atoms with Crippen LogP contribution in [0.3, 0.4) is 0 Å². The first-order valence-electron chi connectivity index (χ1n) is 13.1. The Morgan fingerprint density at radius 2 is 1.12 bits per heavy atom. The molecule has 1 atom stereocenters. The van der Waals surface area contributed by atoms with Crippen molar-refractivity contribution in [1.82, 2.24) is 0 Å². The number of aliphatic hydroxyl groups excluding tert-OH is 1. The standard InChI is InChI=1S/C25H49O7P.Na/c1-3-5-6-7-8-9-10-11-12-13-14-15-16-17-18-19-22-31-33(28,29)32-23-20-21-30-25(27)24(26)4-2;/h4,26H,3,5-23H2,1-2H3,(H,28,29);/q;+1/p-1. The Labute approximate surface area is 230 Å². The number of rotatable bonds is 24. The van der Waals surface area contributed by atoms with Crippen LogP contribution in [0.25, 0.3) is 0 Å². The number of hydrogen-bond donors (Lipinski definition) is 1. The summed E-state index contributed by atoms with van der Waals surface area (Å²) in [6.07, 6.45) is 21.6. The van der Waals surface area contributed by atoms with Gasteiger partial charge in [0.2, 0.25) is 0 Å². The van der Waals surface area contributed by atoms with Crippen molar-refractivity contribution in [3.63, 3.8) is 0 Å². The maximum Gasteiger partial charge on any atom is 1.00 e.